The van der Waals surface area contributed by atoms with E-state index in [1.807, 2.05) is 22.4 Å². The third-order valence-electron chi connectivity index (χ3n) is 4.05. The summed E-state index contributed by atoms with van der Waals surface area (Å²) in [5.74, 6) is 0.0412. The number of hydrogen-bond acceptors (Lipinski definition) is 5. The van der Waals surface area contributed by atoms with Crippen LogP contribution in [0.4, 0.5) is 0 Å². The summed E-state index contributed by atoms with van der Waals surface area (Å²) in [7, 11) is 0. The Labute approximate surface area is 145 Å². The van der Waals surface area contributed by atoms with Gasteiger partial charge in [-0.15, -0.1) is 11.3 Å². The van der Waals surface area contributed by atoms with Crippen molar-refractivity contribution >= 4 is 23.2 Å². The molecule has 1 fully saturated rings. The molecule has 0 bridgehead atoms. The molecule has 0 aliphatic carbocycles. The Morgan fingerprint density at radius 1 is 1.12 bits per heavy atom. The molecule has 6 nitrogen and oxygen atoms in total. The summed E-state index contributed by atoms with van der Waals surface area (Å²) in [4.78, 5) is 33.1. The first-order valence-electron chi connectivity index (χ1n) is 7.97. The number of thiophene rings is 1. The minimum absolute atomic E-state index is 0.0171. The van der Waals surface area contributed by atoms with Crippen LogP contribution in [-0.4, -0.2) is 65.9 Å². The van der Waals surface area contributed by atoms with Gasteiger partial charge in [0.15, 0.2) is 0 Å². The molecule has 2 aromatic rings. The minimum atomic E-state index is -0.0171. The zero-order valence-electron chi connectivity index (χ0n) is 13.4. The summed E-state index contributed by atoms with van der Waals surface area (Å²) in [6, 6.07) is 7.19. The monoisotopic (exact) mass is 344 g/mol. The summed E-state index contributed by atoms with van der Waals surface area (Å²) in [6.45, 7) is 4.49. The van der Waals surface area contributed by atoms with Gasteiger partial charge in [-0.2, -0.15) is 0 Å². The van der Waals surface area contributed by atoms with Gasteiger partial charge in [-0.3, -0.25) is 19.5 Å². The van der Waals surface area contributed by atoms with Crippen LogP contribution in [0.25, 0.3) is 0 Å². The van der Waals surface area contributed by atoms with Crippen LogP contribution in [0.15, 0.2) is 42.0 Å². The highest BCUT2D eigenvalue weighted by atomic mass is 32.1. The SMILES string of the molecule is O=C(NCCN1CCN(C(=O)c2ccncc2)CC1)c1cccs1. The first kappa shape index (κ1) is 16.6. The molecule has 24 heavy (non-hydrogen) atoms. The van der Waals surface area contributed by atoms with E-state index in [1.54, 1.807) is 24.5 Å². The molecule has 1 aliphatic heterocycles. The van der Waals surface area contributed by atoms with Crippen LogP contribution in [0.1, 0.15) is 20.0 Å². The van der Waals surface area contributed by atoms with E-state index in [-0.39, 0.29) is 11.8 Å². The lowest BCUT2D eigenvalue weighted by atomic mass is 10.2. The van der Waals surface area contributed by atoms with Gasteiger partial charge in [-0.1, -0.05) is 6.07 Å². The van der Waals surface area contributed by atoms with Gasteiger partial charge in [0.25, 0.3) is 11.8 Å². The molecule has 0 atom stereocenters. The van der Waals surface area contributed by atoms with Crippen molar-refractivity contribution in [2.24, 2.45) is 0 Å². The second-order valence-electron chi connectivity index (χ2n) is 5.60. The van der Waals surface area contributed by atoms with Crippen molar-refractivity contribution in [2.45, 2.75) is 0 Å². The molecule has 1 N–H and O–H groups in total. The van der Waals surface area contributed by atoms with Gasteiger partial charge < -0.3 is 10.2 Å². The van der Waals surface area contributed by atoms with Crippen molar-refractivity contribution in [3.8, 4) is 0 Å². The number of hydrogen-bond donors (Lipinski definition) is 1. The minimum Gasteiger partial charge on any atom is -0.350 e. The van der Waals surface area contributed by atoms with Gasteiger partial charge in [0.05, 0.1) is 4.88 Å². The molecular weight excluding hydrogens is 324 g/mol. The second kappa shape index (κ2) is 8.03. The van der Waals surface area contributed by atoms with Crippen molar-refractivity contribution < 1.29 is 9.59 Å². The molecule has 0 unspecified atom stereocenters. The van der Waals surface area contributed by atoms with Gasteiger partial charge in [0, 0.05) is 57.2 Å². The van der Waals surface area contributed by atoms with E-state index in [9.17, 15) is 9.59 Å². The molecule has 0 radical (unpaired) electrons. The maximum absolute atomic E-state index is 12.4. The van der Waals surface area contributed by atoms with Crippen LogP contribution >= 0.6 is 11.3 Å². The van der Waals surface area contributed by atoms with Crippen LogP contribution in [0.2, 0.25) is 0 Å². The third-order valence-corrected chi connectivity index (χ3v) is 4.91. The van der Waals surface area contributed by atoms with Crippen molar-refractivity contribution in [1.29, 1.82) is 0 Å². The molecule has 3 rings (SSSR count). The van der Waals surface area contributed by atoms with Crippen molar-refractivity contribution in [3.05, 3.63) is 52.5 Å². The van der Waals surface area contributed by atoms with E-state index < -0.39 is 0 Å². The van der Waals surface area contributed by atoms with Crippen LogP contribution < -0.4 is 5.32 Å². The molecule has 0 saturated carbocycles. The summed E-state index contributed by atoms with van der Waals surface area (Å²) >= 11 is 1.44. The topological polar surface area (TPSA) is 65.5 Å². The standard InChI is InChI=1S/C17H20N4O2S/c22-16(15-2-1-13-24-15)19-7-8-20-9-11-21(12-10-20)17(23)14-3-5-18-6-4-14/h1-6,13H,7-12H2,(H,19,22). The van der Waals surface area contributed by atoms with Gasteiger partial charge >= 0.3 is 0 Å². The predicted molar refractivity (Wildman–Crippen MR) is 93.2 cm³/mol. The molecule has 126 valence electrons. The first-order valence-corrected chi connectivity index (χ1v) is 8.85. The lowest BCUT2D eigenvalue weighted by molar-refractivity contribution is 0.0638. The average Bonchev–Trinajstić information content (AvgIpc) is 3.17. The summed E-state index contributed by atoms with van der Waals surface area (Å²) < 4.78 is 0. The maximum Gasteiger partial charge on any atom is 0.261 e. The highest BCUT2D eigenvalue weighted by Crippen LogP contribution is 2.09. The zero-order chi connectivity index (χ0) is 16.8. The fourth-order valence-corrected chi connectivity index (χ4v) is 3.31. The molecule has 2 aromatic heterocycles. The lowest BCUT2D eigenvalue weighted by Crippen LogP contribution is -2.50. The predicted octanol–water partition coefficient (Wildman–Crippen LogP) is 1.33. The number of carbonyl (C=O) groups excluding carboxylic acids is 2. The number of amides is 2. The lowest BCUT2D eigenvalue weighted by Gasteiger charge is -2.34. The number of rotatable bonds is 5. The smallest absolute Gasteiger partial charge is 0.261 e. The molecule has 1 aliphatic rings. The molecule has 1 saturated heterocycles. The highest BCUT2D eigenvalue weighted by molar-refractivity contribution is 7.12. The average molecular weight is 344 g/mol. The highest BCUT2D eigenvalue weighted by Gasteiger charge is 2.21. The molecule has 3 heterocycles. The van der Waals surface area contributed by atoms with Crippen LogP contribution in [0, 0.1) is 0 Å². The van der Waals surface area contributed by atoms with Gasteiger partial charge in [-0.05, 0) is 23.6 Å². The fraction of sp³-hybridized carbons (Fsp3) is 0.353. The van der Waals surface area contributed by atoms with Gasteiger partial charge in [0.1, 0.15) is 0 Å². The molecule has 0 spiro atoms. The van der Waals surface area contributed by atoms with E-state index in [1.165, 1.54) is 11.3 Å². The Hall–Kier alpha value is -2.25. The number of piperazine rings is 1. The second-order valence-corrected chi connectivity index (χ2v) is 6.55. The Bertz CT molecular complexity index is 667. The third kappa shape index (κ3) is 4.18. The largest absolute Gasteiger partial charge is 0.350 e. The van der Waals surface area contributed by atoms with E-state index in [2.05, 4.69) is 15.2 Å². The number of aromatic nitrogens is 1. The Kier molecular flexibility index (Phi) is 5.55. The zero-order valence-corrected chi connectivity index (χ0v) is 14.2. The van der Waals surface area contributed by atoms with Crippen LogP contribution in [-0.2, 0) is 0 Å². The molecule has 0 aromatic carbocycles. The number of pyridine rings is 1. The Balaban J connectivity index is 1.39. The molecular formula is C17H20N4O2S. The number of carbonyl (C=O) groups is 2. The van der Waals surface area contributed by atoms with E-state index in [0.29, 0.717) is 25.2 Å². The molecule has 2 amide bonds. The van der Waals surface area contributed by atoms with Gasteiger partial charge in [0.2, 0.25) is 0 Å². The Morgan fingerprint density at radius 2 is 1.88 bits per heavy atom. The van der Waals surface area contributed by atoms with E-state index in [4.69, 9.17) is 0 Å². The van der Waals surface area contributed by atoms with Crippen LogP contribution in [0.5, 0.6) is 0 Å². The fourth-order valence-electron chi connectivity index (χ4n) is 2.67. The quantitative estimate of drug-likeness (QED) is 0.889. The maximum atomic E-state index is 12.4. The number of nitrogens with zero attached hydrogens (tertiary/aromatic N) is 3. The van der Waals surface area contributed by atoms with Gasteiger partial charge in [-0.25, -0.2) is 0 Å². The molecule has 7 heteroatoms. The Morgan fingerprint density at radius 3 is 2.54 bits per heavy atom. The van der Waals surface area contributed by atoms with Crippen LogP contribution in [0.3, 0.4) is 0 Å². The van der Waals surface area contributed by atoms with E-state index >= 15 is 0 Å². The summed E-state index contributed by atoms with van der Waals surface area (Å²) in [5.41, 5.74) is 0.682. The van der Waals surface area contributed by atoms with Crippen molar-refractivity contribution in [2.75, 3.05) is 39.3 Å². The van der Waals surface area contributed by atoms with E-state index in [0.717, 1.165) is 24.5 Å². The van der Waals surface area contributed by atoms with Crippen molar-refractivity contribution in [3.63, 3.8) is 0 Å². The summed E-state index contributed by atoms with van der Waals surface area (Å²) in [5, 5.41) is 4.83. The normalized spacial score (nSPS) is 15.2. The van der Waals surface area contributed by atoms with Crippen molar-refractivity contribution in [1.82, 2.24) is 20.1 Å². The first-order chi connectivity index (χ1) is 11.7. The number of nitrogens with one attached hydrogen (secondary N) is 1. The summed E-state index contributed by atoms with van der Waals surface area (Å²) in [6.07, 6.45) is 3.28.